The van der Waals surface area contributed by atoms with Crippen LogP contribution in [0.15, 0.2) is 53.6 Å². The molecule has 0 atom stereocenters. The third-order valence-electron chi connectivity index (χ3n) is 10.8. The number of rotatable bonds is 7. The minimum Gasteiger partial charge on any atom is -0.378 e. The van der Waals surface area contributed by atoms with Crippen LogP contribution < -0.4 is 26.0 Å². The van der Waals surface area contributed by atoms with E-state index < -0.39 is 11.7 Å². The average Bonchev–Trinajstić information content (AvgIpc) is 3.58. The van der Waals surface area contributed by atoms with Crippen molar-refractivity contribution >= 4 is 34.7 Å². The average molecular weight is 695 g/mol. The normalized spacial score (nSPS) is 18.7. The molecule has 0 radical (unpaired) electrons. The summed E-state index contributed by atoms with van der Waals surface area (Å²) in [5.41, 5.74) is 4.97. The maximum absolute atomic E-state index is 15.6. The van der Waals surface area contributed by atoms with Crippen LogP contribution in [0.2, 0.25) is 0 Å². The third-order valence-corrected chi connectivity index (χ3v) is 10.8. The van der Waals surface area contributed by atoms with Crippen LogP contribution in [0.4, 0.5) is 27.3 Å². The fraction of sp³-hybridized carbons (Fsp3) is 0.421. The molecule has 0 bridgehead atoms. The van der Waals surface area contributed by atoms with Crippen molar-refractivity contribution in [2.24, 2.45) is 12.5 Å². The summed E-state index contributed by atoms with van der Waals surface area (Å²) in [6.45, 7) is 10.6. The van der Waals surface area contributed by atoms with Crippen molar-refractivity contribution in [1.82, 2.24) is 24.3 Å². The monoisotopic (exact) mass is 694 g/mol. The van der Waals surface area contributed by atoms with E-state index in [1.165, 1.54) is 39.9 Å². The number of halogens is 1. The number of aryl methyl sites for hydroxylation is 1. The highest BCUT2D eigenvalue weighted by Gasteiger charge is 2.38. The minimum atomic E-state index is -0.604. The first-order valence-electron chi connectivity index (χ1n) is 17.6. The van der Waals surface area contributed by atoms with E-state index in [1.54, 1.807) is 25.5 Å². The molecule has 1 aliphatic carbocycles. The number of carbonyl (C=O) groups is 2. The van der Waals surface area contributed by atoms with E-state index in [9.17, 15) is 14.4 Å². The lowest BCUT2D eigenvalue weighted by Gasteiger charge is -2.43. The highest BCUT2D eigenvalue weighted by molar-refractivity contribution is 6.13. The van der Waals surface area contributed by atoms with E-state index in [0.717, 1.165) is 57.9 Å². The van der Waals surface area contributed by atoms with E-state index >= 15 is 4.39 Å². The van der Waals surface area contributed by atoms with E-state index in [-0.39, 0.29) is 45.9 Å². The van der Waals surface area contributed by atoms with Crippen molar-refractivity contribution in [2.45, 2.75) is 39.3 Å². The Morgan fingerprint density at radius 3 is 2.47 bits per heavy atom. The molecule has 0 unspecified atom stereocenters. The second-order valence-electron chi connectivity index (χ2n) is 14.9. The number of hydrogen-bond donors (Lipinski definition) is 2. The summed E-state index contributed by atoms with van der Waals surface area (Å²) in [6, 6.07) is 10.4. The number of carbonyl (C=O) groups excluding carboxylic acids is 2. The van der Waals surface area contributed by atoms with Gasteiger partial charge in [-0.05, 0) is 60.2 Å². The van der Waals surface area contributed by atoms with Gasteiger partial charge in [0.2, 0.25) is 0 Å². The molecule has 51 heavy (non-hydrogen) atoms. The molecule has 0 saturated carbocycles. The quantitative estimate of drug-likeness (QED) is 0.300. The first kappa shape index (κ1) is 33.2. The summed E-state index contributed by atoms with van der Waals surface area (Å²) in [4.78, 5) is 51.8. The number of hydrogen-bond acceptors (Lipinski definition) is 8. The van der Waals surface area contributed by atoms with Crippen LogP contribution in [0.25, 0.3) is 11.1 Å². The topological polar surface area (TPSA) is 117 Å². The number of piperazine rings is 1. The van der Waals surface area contributed by atoms with Crippen LogP contribution >= 0.6 is 0 Å². The number of nitrogens with zero attached hydrogens (tertiary/aromatic N) is 6. The number of fused-ring (bicyclic) bond motifs is 3. The second kappa shape index (κ2) is 12.6. The van der Waals surface area contributed by atoms with Crippen LogP contribution in [0.1, 0.15) is 46.0 Å². The van der Waals surface area contributed by atoms with Gasteiger partial charge < -0.3 is 34.3 Å². The van der Waals surface area contributed by atoms with Gasteiger partial charge >= 0.3 is 0 Å². The fourth-order valence-electron chi connectivity index (χ4n) is 8.05. The van der Waals surface area contributed by atoms with Gasteiger partial charge in [0.1, 0.15) is 23.0 Å². The van der Waals surface area contributed by atoms with Gasteiger partial charge in [0, 0.05) is 76.4 Å². The molecule has 4 aliphatic rings. The molecule has 3 aromatic heterocycles. The highest BCUT2D eigenvalue weighted by Crippen LogP contribution is 2.41. The molecule has 2 N–H and O–H groups in total. The van der Waals surface area contributed by atoms with Crippen LogP contribution in [0.5, 0.6) is 0 Å². The number of anilines is 4. The molecule has 0 spiro atoms. The summed E-state index contributed by atoms with van der Waals surface area (Å²) < 4.78 is 24.4. The van der Waals surface area contributed by atoms with E-state index in [0.29, 0.717) is 29.7 Å². The van der Waals surface area contributed by atoms with E-state index in [1.807, 2.05) is 18.2 Å². The van der Waals surface area contributed by atoms with Gasteiger partial charge in [0.05, 0.1) is 42.4 Å². The Balaban J connectivity index is 1.09. The molecule has 4 aromatic rings. The Morgan fingerprint density at radius 1 is 1.00 bits per heavy atom. The predicted molar refractivity (Wildman–Crippen MR) is 194 cm³/mol. The zero-order valence-corrected chi connectivity index (χ0v) is 29.5. The van der Waals surface area contributed by atoms with Gasteiger partial charge in [-0.15, -0.1) is 0 Å². The predicted octanol–water partition coefficient (Wildman–Crippen LogP) is 3.80. The minimum absolute atomic E-state index is 0.140. The van der Waals surface area contributed by atoms with Crippen molar-refractivity contribution in [3.63, 3.8) is 0 Å². The molecular formula is C38H43FN8O4. The Bertz CT molecular complexity index is 2090. The molecule has 8 rings (SSSR count). The molecule has 266 valence electrons. The largest absolute Gasteiger partial charge is 0.378 e. The highest BCUT2D eigenvalue weighted by atomic mass is 19.1. The standard InChI is InChI=1S/C38H43FN8O4/c1-38(2)17-23-14-31-37(50)47(12-11-46(31)32(23)18-38)30-16-25(39)15-28(34(30)35(48)40-3)24-13-29(36(49)43(4)20-24)42-33-6-5-26(19-41-33)44-7-9-45(10-8-44)27-21-51-22-27/h5-6,13-16,19-20,27H,7-12,17-18,21-22H2,1-4H3,(H,40,48)(H,41,42). The molecule has 2 fully saturated rings. The van der Waals surface area contributed by atoms with Crippen LogP contribution in [0, 0.1) is 11.2 Å². The number of nitrogens with one attached hydrogen (secondary N) is 2. The Labute approximate surface area is 295 Å². The fourth-order valence-corrected chi connectivity index (χ4v) is 8.05. The van der Waals surface area contributed by atoms with Crippen LogP contribution in [-0.4, -0.2) is 89.9 Å². The molecule has 1 aromatic carbocycles. The van der Waals surface area contributed by atoms with Gasteiger partial charge in [0.25, 0.3) is 17.4 Å². The molecule has 13 heteroatoms. The number of benzene rings is 1. The van der Waals surface area contributed by atoms with Gasteiger partial charge in [0.15, 0.2) is 0 Å². The molecule has 2 amide bonds. The van der Waals surface area contributed by atoms with Gasteiger partial charge in [-0.3, -0.25) is 19.3 Å². The van der Waals surface area contributed by atoms with Crippen molar-refractivity contribution in [3.8, 4) is 11.1 Å². The number of ether oxygens (including phenoxy) is 1. The van der Waals surface area contributed by atoms with E-state index in [2.05, 4.69) is 43.8 Å². The van der Waals surface area contributed by atoms with Gasteiger partial charge in [-0.1, -0.05) is 13.8 Å². The Kier molecular flexibility index (Phi) is 8.22. The molecule has 3 aliphatic heterocycles. The van der Waals surface area contributed by atoms with E-state index in [4.69, 9.17) is 4.74 Å². The molecule has 2 saturated heterocycles. The first-order chi connectivity index (χ1) is 24.5. The Morgan fingerprint density at radius 2 is 1.78 bits per heavy atom. The zero-order chi connectivity index (χ0) is 35.6. The number of amides is 2. The SMILES string of the molecule is CNC(=O)c1c(-c2cc(Nc3ccc(N4CCN(C5COC5)CC4)cn3)c(=O)n(C)c2)cc(F)cc1N1CCn2c(cc3c2CC(C)(C)C3)C1=O. The zero-order valence-electron chi connectivity index (χ0n) is 29.5. The maximum atomic E-state index is 15.6. The van der Waals surface area contributed by atoms with Crippen molar-refractivity contribution in [1.29, 1.82) is 0 Å². The van der Waals surface area contributed by atoms with Crippen LogP contribution in [-0.2, 0) is 31.2 Å². The lowest BCUT2D eigenvalue weighted by molar-refractivity contribution is -0.0660. The van der Waals surface area contributed by atoms with Gasteiger partial charge in [-0.2, -0.15) is 0 Å². The summed E-state index contributed by atoms with van der Waals surface area (Å²) in [6.07, 6.45) is 5.14. The summed E-state index contributed by atoms with van der Waals surface area (Å²) >= 11 is 0. The number of aromatic nitrogens is 3. The van der Waals surface area contributed by atoms with Crippen LogP contribution in [0.3, 0.4) is 0 Å². The molecule has 6 heterocycles. The molecule has 12 nitrogen and oxygen atoms in total. The van der Waals surface area contributed by atoms with Crippen molar-refractivity contribution in [3.05, 3.63) is 87.5 Å². The van der Waals surface area contributed by atoms with Crippen molar-refractivity contribution in [2.75, 3.05) is 68.1 Å². The van der Waals surface area contributed by atoms with Crippen molar-refractivity contribution < 1.29 is 18.7 Å². The smallest absolute Gasteiger partial charge is 0.274 e. The lowest BCUT2D eigenvalue weighted by Crippen LogP contribution is -2.56. The summed E-state index contributed by atoms with van der Waals surface area (Å²) in [5.74, 6) is -0.877. The first-order valence-corrected chi connectivity index (χ1v) is 17.6. The molecular weight excluding hydrogens is 651 g/mol. The maximum Gasteiger partial charge on any atom is 0.274 e. The lowest BCUT2D eigenvalue weighted by atomic mass is 9.90. The Hall–Kier alpha value is -5.01. The summed E-state index contributed by atoms with van der Waals surface area (Å²) in [7, 11) is 3.10. The van der Waals surface area contributed by atoms with Gasteiger partial charge in [-0.25, -0.2) is 9.37 Å². The second-order valence-corrected chi connectivity index (χ2v) is 14.9. The third kappa shape index (κ3) is 5.97. The number of pyridine rings is 2. The summed E-state index contributed by atoms with van der Waals surface area (Å²) in [5, 5.41) is 5.82.